The van der Waals surface area contributed by atoms with E-state index < -0.39 is 17.4 Å². The van der Waals surface area contributed by atoms with E-state index in [1.54, 1.807) is 0 Å². The van der Waals surface area contributed by atoms with Crippen molar-refractivity contribution in [3.63, 3.8) is 0 Å². The third-order valence-electron chi connectivity index (χ3n) is 7.96. The number of rotatable bonds is 7. The first-order valence-corrected chi connectivity index (χ1v) is 13.2. The number of carboxylic acid groups (broad SMARTS) is 1. The highest BCUT2D eigenvalue weighted by Gasteiger charge is 2.45. The monoisotopic (exact) mass is 547 g/mol. The number of carboxylic acids is 1. The Hall–Kier alpha value is -3.68. The van der Waals surface area contributed by atoms with Gasteiger partial charge >= 0.3 is 5.97 Å². The summed E-state index contributed by atoms with van der Waals surface area (Å²) in [5, 5.41) is 16.1. The summed E-state index contributed by atoms with van der Waals surface area (Å²) in [5.41, 5.74) is 3.19. The minimum Gasteiger partial charge on any atom is -0.480 e. The number of carbonyl (C=O) groups is 3. The Bertz CT molecular complexity index is 1290. The van der Waals surface area contributed by atoms with Crippen LogP contribution in [0.4, 0.5) is 0 Å². The average molecular weight is 548 g/mol. The number of aliphatic carboxylic acids is 1. The molecule has 0 bridgehead atoms. The van der Waals surface area contributed by atoms with Crippen molar-refractivity contribution in [3.8, 4) is 0 Å². The van der Waals surface area contributed by atoms with Gasteiger partial charge in [0.25, 0.3) is 0 Å². The number of fused-ring (bicyclic) bond motifs is 1. The lowest BCUT2D eigenvalue weighted by Crippen LogP contribution is -2.58. The number of benzene rings is 3. The molecular weight excluding hydrogens is 514 g/mol. The molecule has 0 aliphatic carbocycles. The maximum atomic E-state index is 13.9. The van der Waals surface area contributed by atoms with Crippen molar-refractivity contribution in [1.82, 2.24) is 15.5 Å². The lowest BCUT2D eigenvalue weighted by Gasteiger charge is -2.42. The van der Waals surface area contributed by atoms with Crippen molar-refractivity contribution >= 4 is 30.2 Å². The molecule has 3 N–H and O–H groups in total. The summed E-state index contributed by atoms with van der Waals surface area (Å²) < 4.78 is 0. The Morgan fingerprint density at radius 2 is 1.49 bits per heavy atom. The molecule has 3 aromatic rings. The van der Waals surface area contributed by atoms with Crippen LogP contribution in [0, 0.1) is 0 Å². The number of halogens is 1. The van der Waals surface area contributed by atoms with Crippen molar-refractivity contribution in [2.24, 2.45) is 0 Å². The highest BCUT2D eigenvalue weighted by molar-refractivity contribution is 5.92. The van der Waals surface area contributed by atoms with Gasteiger partial charge in [-0.2, -0.15) is 0 Å². The average Bonchev–Trinajstić information content (AvgIpc) is 2.97. The Morgan fingerprint density at radius 3 is 2.13 bits per heavy atom. The largest absolute Gasteiger partial charge is 0.480 e. The summed E-state index contributed by atoms with van der Waals surface area (Å²) in [7, 11) is 0. The molecule has 2 heterocycles. The van der Waals surface area contributed by atoms with Crippen LogP contribution in [0.5, 0.6) is 0 Å². The van der Waals surface area contributed by atoms with Crippen LogP contribution < -0.4 is 10.6 Å². The van der Waals surface area contributed by atoms with E-state index in [4.69, 9.17) is 0 Å². The van der Waals surface area contributed by atoms with E-state index in [2.05, 4.69) is 22.8 Å². The second-order valence-electron chi connectivity index (χ2n) is 10.2. The van der Waals surface area contributed by atoms with E-state index >= 15 is 0 Å². The van der Waals surface area contributed by atoms with Gasteiger partial charge in [-0.25, -0.2) is 4.79 Å². The number of nitrogens with zero attached hydrogens (tertiary/aromatic N) is 1. The first-order valence-electron chi connectivity index (χ1n) is 13.2. The topological polar surface area (TPSA) is 98.7 Å². The molecule has 2 atom stereocenters. The first-order chi connectivity index (χ1) is 18.5. The highest BCUT2D eigenvalue weighted by Crippen LogP contribution is 2.36. The second kappa shape index (κ2) is 12.5. The highest BCUT2D eigenvalue weighted by atomic mass is 35.5. The molecule has 2 amide bonds. The van der Waals surface area contributed by atoms with E-state index in [0.717, 1.165) is 11.1 Å². The third kappa shape index (κ3) is 6.15. The number of amides is 2. The molecule has 0 radical (unpaired) electrons. The smallest absolute Gasteiger partial charge is 0.326 e. The zero-order chi connectivity index (χ0) is 26.5. The predicted molar refractivity (Wildman–Crippen MR) is 152 cm³/mol. The van der Waals surface area contributed by atoms with Gasteiger partial charge in [0, 0.05) is 26.1 Å². The van der Waals surface area contributed by atoms with Crippen LogP contribution in [-0.2, 0) is 39.2 Å². The Balaban J connectivity index is 0.00000353. The number of hydrogen-bond donors (Lipinski definition) is 3. The Labute approximate surface area is 235 Å². The maximum absolute atomic E-state index is 13.9. The standard InChI is InChI=1S/C31H33N3O4.ClH/c35-28(26-20-23-11-7-8-12-24(23)21-32-26)34-17-15-31(16-18-34,25-13-5-2-6-14-25)30(38)33-27(29(36)37)19-22-9-3-1-4-10-22;/h1-14,26-27,32H,15-21H2,(H,33,38)(H,36,37);1H/t26-,27-;/m0./s1. The zero-order valence-corrected chi connectivity index (χ0v) is 22.5. The summed E-state index contributed by atoms with van der Waals surface area (Å²) in [6, 6.07) is 25.7. The lowest BCUT2D eigenvalue weighted by molar-refractivity contribution is -0.144. The molecule has 0 aromatic heterocycles. The predicted octanol–water partition coefficient (Wildman–Crippen LogP) is 3.50. The fourth-order valence-electron chi connectivity index (χ4n) is 5.71. The Morgan fingerprint density at radius 1 is 0.897 bits per heavy atom. The molecule has 0 unspecified atom stereocenters. The minimum atomic E-state index is -1.07. The molecule has 1 saturated heterocycles. The van der Waals surface area contributed by atoms with Gasteiger partial charge in [0.2, 0.25) is 11.8 Å². The number of piperidine rings is 1. The summed E-state index contributed by atoms with van der Waals surface area (Å²) in [4.78, 5) is 41.2. The molecule has 1 fully saturated rings. The third-order valence-corrected chi connectivity index (χ3v) is 7.96. The van der Waals surface area contributed by atoms with Crippen LogP contribution in [0.2, 0.25) is 0 Å². The SMILES string of the molecule is Cl.O=C(O)[C@H](Cc1ccccc1)NC(=O)C1(c2ccccc2)CCN(C(=O)[C@@H]2Cc3ccccc3CN2)CC1. The van der Waals surface area contributed by atoms with Crippen molar-refractivity contribution in [1.29, 1.82) is 0 Å². The fraction of sp³-hybridized carbons (Fsp3) is 0.323. The van der Waals surface area contributed by atoms with E-state index in [-0.39, 0.29) is 36.7 Å². The summed E-state index contributed by atoms with van der Waals surface area (Å²) in [6.45, 7) is 1.52. The van der Waals surface area contributed by atoms with Gasteiger partial charge in [-0.3, -0.25) is 9.59 Å². The molecule has 2 aliphatic rings. The van der Waals surface area contributed by atoms with Gasteiger partial charge in [0.1, 0.15) is 6.04 Å². The molecule has 0 saturated carbocycles. The van der Waals surface area contributed by atoms with E-state index in [0.29, 0.717) is 38.9 Å². The second-order valence-corrected chi connectivity index (χ2v) is 10.2. The summed E-state index contributed by atoms with van der Waals surface area (Å²) in [6.07, 6.45) is 1.70. The first kappa shape index (κ1) is 28.3. The van der Waals surface area contributed by atoms with Crippen LogP contribution >= 0.6 is 12.4 Å². The van der Waals surface area contributed by atoms with Crippen LogP contribution in [0.3, 0.4) is 0 Å². The molecular formula is C31H34ClN3O4. The van der Waals surface area contributed by atoms with Crippen LogP contribution in [0.15, 0.2) is 84.9 Å². The quantitative estimate of drug-likeness (QED) is 0.420. The minimum absolute atomic E-state index is 0. The Kier molecular flexibility index (Phi) is 9.04. The van der Waals surface area contributed by atoms with Gasteiger partial charge < -0.3 is 20.6 Å². The molecule has 0 spiro atoms. The number of likely N-dealkylation sites (tertiary alicyclic amines) is 1. The molecule has 3 aromatic carbocycles. The van der Waals surface area contributed by atoms with Gasteiger partial charge in [-0.15, -0.1) is 12.4 Å². The fourth-order valence-corrected chi connectivity index (χ4v) is 5.71. The lowest BCUT2D eigenvalue weighted by atomic mass is 9.71. The number of hydrogen-bond acceptors (Lipinski definition) is 4. The van der Waals surface area contributed by atoms with Gasteiger partial charge in [0.05, 0.1) is 11.5 Å². The van der Waals surface area contributed by atoms with Crippen molar-refractivity contribution in [2.45, 2.75) is 49.7 Å². The van der Waals surface area contributed by atoms with Crippen LogP contribution in [0.1, 0.15) is 35.1 Å². The van der Waals surface area contributed by atoms with Crippen molar-refractivity contribution in [2.75, 3.05) is 13.1 Å². The molecule has 39 heavy (non-hydrogen) atoms. The normalized spacial score (nSPS) is 18.7. The van der Waals surface area contributed by atoms with Crippen molar-refractivity contribution in [3.05, 3.63) is 107 Å². The number of nitrogens with one attached hydrogen (secondary N) is 2. The molecule has 8 heteroatoms. The zero-order valence-electron chi connectivity index (χ0n) is 21.7. The van der Waals surface area contributed by atoms with Crippen LogP contribution in [-0.4, -0.2) is 53.0 Å². The molecule has 7 nitrogen and oxygen atoms in total. The molecule has 204 valence electrons. The summed E-state index contributed by atoms with van der Waals surface area (Å²) >= 11 is 0. The van der Waals surface area contributed by atoms with E-state index in [1.165, 1.54) is 11.1 Å². The van der Waals surface area contributed by atoms with Gasteiger partial charge in [0.15, 0.2) is 0 Å². The molecule has 5 rings (SSSR count). The number of carbonyl (C=O) groups excluding carboxylic acids is 2. The van der Waals surface area contributed by atoms with E-state index in [1.807, 2.05) is 77.7 Å². The van der Waals surface area contributed by atoms with Gasteiger partial charge in [-0.1, -0.05) is 84.9 Å². The van der Waals surface area contributed by atoms with E-state index in [9.17, 15) is 19.5 Å². The maximum Gasteiger partial charge on any atom is 0.326 e. The van der Waals surface area contributed by atoms with Crippen molar-refractivity contribution < 1.29 is 19.5 Å². The molecule has 2 aliphatic heterocycles. The summed E-state index contributed by atoms with van der Waals surface area (Å²) in [5.74, 6) is -1.32. The van der Waals surface area contributed by atoms with Crippen LogP contribution in [0.25, 0.3) is 0 Å². The van der Waals surface area contributed by atoms with Gasteiger partial charge in [-0.05, 0) is 41.5 Å².